The molecule has 0 aliphatic rings. The highest BCUT2D eigenvalue weighted by Crippen LogP contribution is 2.19. The Balaban J connectivity index is 4.71. The van der Waals surface area contributed by atoms with Crippen LogP contribution in [-0.4, -0.2) is 82.2 Å². The van der Waals surface area contributed by atoms with Crippen LogP contribution in [0.2, 0.25) is 0 Å². The largest absolute Gasteiger partial charge is 0.380 e. The van der Waals surface area contributed by atoms with E-state index >= 15 is 0 Å². The van der Waals surface area contributed by atoms with Crippen LogP contribution >= 0.6 is 0 Å². The third-order valence-corrected chi connectivity index (χ3v) is 7.38. The molecule has 9 nitrogen and oxygen atoms in total. The zero-order valence-electron chi connectivity index (χ0n) is 16.6. The second kappa shape index (κ2) is 12.6. The van der Waals surface area contributed by atoms with E-state index in [-0.39, 0.29) is 56.9 Å². The highest BCUT2D eigenvalue weighted by atomic mass is 32.2. The molecule has 0 N–H and O–H groups in total. The van der Waals surface area contributed by atoms with Crippen LogP contribution in [0.3, 0.4) is 0 Å². The van der Waals surface area contributed by atoms with Crippen molar-refractivity contribution in [3.63, 3.8) is 0 Å². The lowest BCUT2D eigenvalue weighted by Crippen LogP contribution is -2.36. The Hall–Kier alpha value is -1.05. The molecule has 0 aliphatic carbocycles. The predicted octanol–water partition coefficient (Wildman–Crippen LogP) is 0.717. The Labute approximate surface area is 174 Å². The fraction of sp³-hybridized carbons (Fsp3) is 0.647. The predicted molar refractivity (Wildman–Crippen MR) is 113 cm³/mol. The van der Waals surface area contributed by atoms with Gasteiger partial charge in [0.1, 0.15) is 0 Å². The summed E-state index contributed by atoms with van der Waals surface area (Å²) in [6.45, 7) is 11.4. The molecule has 12 heteroatoms. The van der Waals surface area contributed by atoms with Crippen LogP contribution in [0.4, 0.5) is 0 Å². The third-order valence-electron chi connectivity index (χ3n) is 3.65. The maximum Gasteiger partial charge on any atom is 0.173 e. The van der Waals surface area contributed by atoms with Gasteiger partial charge in [-0.3, -0.25) is 0 Å². The van der Waals surface area contributed by atoms with E-state index in [4.69, 9.17) is 14.2 Å². The topological polar surface area (TPSA) is 130 Å². The Morgan fingerprint density at radius 1 is 0.621 bits per heavy atom. The van der Waals surface area contributed by atoms with Gasteiger partial charge in [0.05, 0.1) is 56.9 Å². The third kappa shape index (κ3) is 13.7. The van der Waals surface area contributed by atoms with Gasteiger partial charge in [0.15, 0.2) is 29.5 Å². The zero-order chi connectivity index (χ0) is 22.6. The molecule has 0 spiro atoms. The van der Waals surface area contributed by atoms with Crippen LogP contribution in [0.15, 0.2) is 36.0 Å². The maximum atomic E-state index is 11.4. The van der Waals surface area contributed by atoms with Crippen LogP contribution in [0.5, 0.6) is 0 Å². The number of hydrogen-bond donors (Lipinski definition) is 0. The summed E-state index contributed by atoms with van der Waals surface area (Å²) in [5.74, 6) is -0.698. The van der Waals surface area contributed by atoms with Gasteiger partial charge in [-0.05, 0) is 0 Å². The quantitative estimate of drug-likeness (QED) is 0.264. The Morgan fingerprint density at radius 3 is 1.07 bits per heavy atom. The number of hydrogen-bond acceptors (Lipinski definition) is 9. The Bertz CT molecular complexity index is 728. The van der Waals surface area contributed by atoms with Crippen LogP contribution in [0.25, 0.3) is 0 Å². The molecule has 29 heavy (non-hydrogen) atoms. The molecule has 0 aromatic rings. The Morgan fingerprint density at radius 2 is 0.862 bits per heavy atom. The number of sulfone groups is 3. The summed E-state index contributed by atoms with van der Waals surface area (Å²) < 4.78 is 84.7. The van der Waals surface area contributed by atoms with Gasteiger partial charge in [-0.15, -0.1) is 0 Å². The summed E-state index contributed by atoms with van der Waals surface area (Å²) >= 11 is 0. The molecular weight excluding hydrogens is 444 g/mol. The van der Waals surface area contributed by atoms with E-state index < -0.39 is 34.9 Å². The molecule has 0 saturated heterocycles. The molecule has 0 unspecified atom stereocenters. The normalized spacial score (nSPS) is 13.1. The molecule has 0 fully saturated rings. The van der Waals surface area contributed by atoms with Crippen LogP contribution < -0.4 is 0 Å². The van der Waals surface area contributed by atoms with Gasteiger partial charge in [0.2, 0.25) is 0 Å². The van der Waals surface area contributed by atoms with Crippen molar-refractivity contribution in [2.75, 3.05) is 56.9 Å². The summed E-state index contributed by atoms with van der Waals surface area (Å²) in [5, 5.41) is 2.55. The molecule has 0 aromatic carbocycles. The molecular formula is C17H30O9S3. The molecule has 0 aliphatic heterocycles. The lowest BCUT2D eigenvalue weighted by Gasteiger charge is -2.29. The number of rotatable bonds is 18. The van der Waals surface area contributed by atoms with Crippen molar-refractivity contribution < 1.29 is 39.5 Å². The van der Waals surface area contributed by atoms with Gasteiger partial charge in [0.25, 0.3) is 0 Å². The van der Waals surface area contributed by atoms with Crippen molar-refractivity contribution in [1.29, 1.82) is 0 Å². The monoisotopic (exact) mass is 474 g/mol. The molecule has 0 bridgehead atoms. The van der Waals surface area contributed by atoms with Crippen LogP contribution in [-0.2, 0) is 43.7 Å². The van der Waals surface area contributed by atoms with Crippen molar-refractivity contribution in [3.8, 4) is 0 Å². The SMILES string of the molecule is C=CS(=O)(=O)CCOCC(C)(COCCS(=O)(=O)C=C)COCCS(=O)(=O)C=C. The van der Waals surface area contributed by atoms with Gasteiger partial charge in [-0.25, -0.2) is 25.3 Å². The summed E-state index contributed by atoms with van der Waals surface area (Å²) in [6, 6.07) is 0. The van der Waals surface area contributed by atoms with E-state index in [9.17, 15) is 25.3 Å². The average molecular weight is 475 g/mol. The first-order valence-electron chi connectivity index (χ1n) is 8.59. The van der Waals surface area contributed by atoms with Gasteiger partial charge in [-0.2, -0.15) is 0 Å². The smallest absolute Gasteiger partial charge is 0.173 e. The molecule has 0 saturated carbocycles. The highest BCUT2D eigenvalue weighted by molar-refractivity contribution is 7.94. The minimum absolute atomic E-state index is 0.0576. The van der Waals surface area contributed by atoms with Gasteiger partial charge in [0, 0.05) is 21.6 Å². The fourth-order valence-corrected chi connectivity index (χ4v) is 3.41. The van der Waals surface area contributed by atoms with Gasteiger partial charge in [-0.1, -0.05) is 26.7 Å². The van der Waals surface area contributed by atoms with Crippen LogP contribution in [0, 0.1) is 5.41 Å². The van der Waals surface area contributed by atoms with Crippen molar-refractivity contribution in [2.45, 2.75) is 6.92 Å². The first kappa shape index (κ1) is 27.9. The maximum absolute atomic E-state index is 11.4. The van der Waals surface area contributed by atoms with E-state index in [2.05, 4.69) is 19.7 Å². The first-order chi connectivity index (χ1) is 13.3. The van der Waals surface area contributed by atoms with Crippen molar-refractivity contribution >= 4 is 29.5 Å². The molecule has 170 valence electrons. The molecule has 0 atom stereocenters. The zero-order valence-corrected chi connectivity index (χ0v) is 19.1. The summed E-state index contributed by atoms with van der Waals surface area (Å²) in [6.07, 6.45) is 0. The van der Waals surface area contributed by atoms with E-state index in [1.165, 1.54) is 0 Å². The molecule has 0 amide bonds. The first-order valence-corrected chi connectivity index (χ1v) is 13.7. The van der Waals surface area contributed by atoms with Crippen molar-refractivity contribution in [2.24, 2.45) is 5.41 Å². The lowest BCUT2D eigenvalue weighted by atomic mass is 9.94. The Kier molecular flexibility index (Phi) is 12.1. The van der Waals surface area contributed by atoms with E-state index in [0.29, 0.717) is 0 Å². The van der Waals surface area contributed by atoms with Gasteiger partial charge < -0.3 is 14.2 Å². The standard InChI is InChI=1S/C17H30O9S3/c1-5-27(18,19)11-8-24-14-17(4,15-25-9-12-28(20,21)6-2)16-26-10-13-29(22,23)7-3/h5-7H,1-3,8-16H2,4H3. The molecule has 0 aromatic heterocycles. The number of ether oxygens (including phenoxy) is 3. The minimum atomic E-state index is -3.39. The molecule has 0 rings (SSSR count). The minimum Gasteiger partial charge on any atom is -0.380 e. The molecule has 0 radical (unpaired) electrons. The van der Waals surface area contributed by atoms with Crippen molar-refractivity contribution in [1.82, 2.24) is 0 Å². The second-order valence-corrected chi connectivity index (χ2v) is 12.8. The average Bonchev–Trinajstić information content (AvgIpc) is 2.66. The van der Waals surface area contributed by atoms with Crippen LogP contribution in [0.1, 0.15) is 6.92 Å². The summed E-state index contributed by atoms with van der Waals surface area (Å²) in [7, 11) is -10.2. The van der Waals surface area contributed by atoms with E-state index in [1.807, 2.05) is 0 Å². The molecule has 0 heterocycles. The van der Waals surface area contributed by atoms with Gasteiger partial charge >= 0.3 is 0 Å². The highest BCUT2D eigenvalue weighted by Gasteiger charge is 2.26. The van der Waals surface area contributed by atoms with E-state index in [0.717, 1.165) is 16.2 Å². The lowest BCUT2D eigenvalue weighted by molar-refractivity contribution is -0.0529. The summed E-state index contributed by atoms with van der Waals surface area (Å²) in [4.78, 5) is 0. The fourth-order valence-electron chi connectivity index (χ4n) is 1.86. The second-order valence-electron chi connectivity index (χ2n) is 6.57. The summed E-state index contributed by atoms with van der Waals surface area (Å²) in [5.41, 5.74) is -0.756. The van der Waals surface area contributed by atoms with E-state index in [1.54, 1.807) is 6.92 Å². The van der Waals surface area contributed by atoms with Crippen molar-refractivity contribution in [3.05, 3.63) is 36.0 Å².